The topological polar surface area (TPSA) is 69.6 Å². The zero-order valence-corrected chi connectivity index (χ0v) is 12.2. The molecule has 0 aromatic heterocycles. The van der Waals surface area contributed by atoms with Crippen molar-refractivity contribution >= 4 is 10.2 Å². The van der Waals surface area contributed by atoms with Gasteiger partial charge in [0.2, 0.25) is 0 Å². The van der Waals surface area contributed by atoms with Gasteiger partial charge >= 0.3 is 0 Å². The number of aliphatic hydroxyl groups is 1. The normalized spacial score (nSPS) is 37.2. The highest BCUT2D eigenvalue weighted by Crippen LogP contribution is 2.41. The van der Waals surface area contributed by atoms with Crippen molar-refractivity contribution in [3.63, 3.8) is 0 Å². The zero-order chi connectivity index (χ0) is 13.6. The molecule has 0 bridgehead atoms. The quantitative estimate of drug-likeness (QED) is 0.797. The Morgan fingerprint density at radius 2 is 2.06 bits per heavy atom. The van der Waals surface area contributed by atoms with E-state index in [9.17, 15) is 13.5 Å². The third-order valence-corrected chi connectivity index (χ3v) is 6.06. The molecule has 1 aliphatic heterocycles. The Morgan fingerprint density at radius 1 is 1.39 bits per heavy atom. The molecule has 0 amide bonds. The maximum atomic E-state index is 12.3. The largest absolute Gasteiger partial charge is 0.392 e. The first-order chi connectivity index (χ1) is 8.23. The maximum absolute atomic E-state index is 12.3. The molecule has 1 heterocycles. The van der Waals surface area contributed by atoms with Crippen LogP contribution in [0.25, 0.3) is 0 Å². The van der Waals surface area contributed by atoms with Gasteiger partial charge in [-0.05, 0) is 25.2 Å². The molecule has 3 unspecified atom stereocenters. The van der Waals surface area contributed by atoms with Gasteiger partial charge in [0, 0.05) is 24.5 Å². The van der Waals surface area contributed by atoms with Gasteiger partial charge in [-0.15, -0.1) is 0 Å². The van der Waals surface area contributed by atoms with Crippen molar-refractivity contribution in [3.05, 3.63) is 0 Å². The van der Waals surface area contributed by atoms with Gasteiger partial charge in [-0.3, -0.25) is 0 Å². The van der Waals surface area contributed by atoms with Crippen LogP contribution in [0.15, 0.2) is 0 Å². The first kappa shape index (κ1) is 14.2. The lowest BCUT2D eigenvalue weighted by Gasteiger charge is -2.49. The van der Waals surface area contributed by atoms with Gasteiger partial charge in [0.25, 0.3) is 10.2 Å². The molecule has 0 aromatic rings. The van der Waals surface area contributed by atoms with Crippen molar-refractivity contribution < 1.29 is 13.5 Å². The third kappa shape index (κ3) is 2.57. The first-order valence-electron chi connectivity index (χ1n) is 6.69. The van der Waals surface area contributed by atoms with Gasteiger partial charge in [-0.1, -0.05) is 20.8 Å². The number of piperidine rings is 1. The van der Waals surface area contributed by atoms with Crippen molar-refractivity contribution in [2.24, 2.45) is 11.3 Å². The van der Waals surface area contributed by atoms with E-state index >= 15 is 0 Å². The SMILES string of the molecule is CC1CCCN(S(=O)(=O)NC2CC(O)C2(C)C)C1. The summed E-state index contributed by atoms with van der Waals surface area (Å²) in [6.45, 7) is 7.08. The van der Waals surface area contributed by atoms with E-state index in [0.29, 0.717) is 25.4 Å². The summed E-state index contributed by atoms with van der Waals surface area (Å²) in [6, 6.07) is -0.158. The van der Waals surface area contributed by atoms with Crippen LogP contribution in [0.2, 0.25) is 0 Å². The molecule has 1 saturated heterocycles. The Labute approximate surface area is 110 Å². The van der Waals surface area contributed by atoms with Crippen LogP contribution in [0.4, 0.5) is 0 Å². The molecule has 0 spiro atoms. The summed E-state index contributed by atoms with van der Waals surface area (Å²) in [5, 5.41) is 9.65. The smallest absolute Gasteiger partial charge is 0.279 e. The Balaban J connectivity index is 2.00. The number of nitrogens with zero attached hydrogens (tertiary/aromatic N) is 1. The van der Waals surface area contributed by atoms with E-state index in [0.717, 1.165) is 12.8 Å². The van der Waals surface area contributed by atoms with Gasteiger partial charge in [-0.25, -0.2) is 0 Å². The van der Waals surface area contributed by atoms with Crippen molar-refractivity contribution in [1.82, 2.24) is 9.03 Å². The minimum absolute atomic E-state index is 0.158. The summed E-state index contributed by atoms with van der Waals surface area (Å²) in [4.78, 5) is 0. The lowest BCUT2D eigenvalue weighted by atomic mass is 9.65. The van der Waals surface area contributed by atoms with Gasteiger partial charge in [0.1, 0.15) is 0 Å². The zero-order valence-electron chi connectivity index (χ0n) is 11.4. The fourth-order valence-corrected chi connectivity index (χ4v) is 4.45. The van der Waals surface area contributed by atoms with Crippen LogP contribution in [0, 0.1) is 11.3 Å². The molecule has 3 atom stereocenters. The summed E-state index contributed by atoms with van der Waals surface area (Å²) >= 11 is 0. The van der Waals surface area contributed by atoms with Crippen LogP contribution in [-0.4, -0.2) is 43.1 Å². The second kappa shape index (κ2) is 4.74. The lowest BCUT2D eigenvalue weighted by molar-refractivity contribution is -0.0650. The second-order valence-electron chi connectivity index (χ2n) is 6.35. The average molecular weight is 276 g/mol. The lowest BCUT2D eigenvalue weighted by Crippen LogP contribution is -2.63. The average Bonchev–Trinajstić information content (AvgIpc) is 2.28. The molecular weight excluding hydrogens is 252 g/mol. The number of nitrogens with one attached hydrogen (secondary N) is 1. The predicted octanol–water partition coefficient (Wildman–Crippen LogP) is 0.712. The summed E-state index contributed by atoms with van der Waals surface area (Å²) in [7, 11) is -3.40. The minimum atomic E-state index is -3.40. The molecule has 2 fully saturated rings. The second-order valence-corrected chi connectivity index (χ2v) is 8.06. The number of rotatable bonds is 3. The van der Waals surface area contributed by atoms with Crippen LogP contribution in [-0.2, 0) is 10.2 Å². The van der Waals surface area contributed by atoms with Gasteiger partial charge in [0.05, 0.1) is 6.10 Å². The molecule has 106 valence electrons. The van der Waals surface area contributed by atoms with E-state index in [1.807, 2.05) is 13.8 Å². The summed E-state index contributed by atoms with van der Waals surface area (Å²) in [6.07, 6.45) is 2.12. The number of aliphatic hydroxyl groups excluding tert-OH is 1. The Bertz CT molecular complexity index is 408. The molecule has 2 aliphatic rings. The summed E-state index contributed by atoms with van der Waals surface area (Å²) in [5.41, 5.74) is -0.367. The van der Waals surface area contributed by atoms with E-state index in [1.54, 1.807) is 4.31 Å². The molecule has 5 nitrogen and oxygen atoms in total. The van der Waals surface area contributed by atoms with Crippen LogP contribution >= 0.6 is 0 Å². The van der Waals surface area contributed by atoms with Gasteiger partial charge in [-0.2, -0.15) is 17.4 Å². The van der Waals surface area contributed by atoms with E-state index in [4.69, 9.17) is 0 Å². The molecule has 1 aliphatic carbocycles. The van der Waals surface area contributed by atoms with Crippen molar-refractivity contribution in [2.75, 3.05) is 13.1 Å². The van der Waals surface area contributed by atoms with Crippen LogP contribution in [0.5, 0.6) is 0 Å². The Kier molecular flexibility index (Phi) is 3.75. The van der Waals surface area contributed by atoms with Crippen molar-refractivity contribution in [3.8, 4) is 0 Å². The predicted molar refractivity (Wildman–Crippen MR) is 70.2 cm³/mol. The van der Waals surface area contributed by atoms with Crippen LogP contribution in [0.1, 0.15) is 40.0 Å². The number of hydrogen-bond donors (Lipinski definition) is 2. The standard InChI is InChI=1S/C12H24N2O3S/c1-9-5-4-6-14(8-9)18(16,17)13-10-7-11(15)12(10,2)3/h9-11,13,15H,4-8H2,1-3H3. The molecule has 6 heteroatoms. The van der Waals surface area contributed by atoms with Gasteiger partial charge < -0.3 is 5.11 Å². The van der Waals surface area contributed by atoms with Crippen LogP contribution < -0.4 is 4.72 Å². The van der Waals surface area contributed by atoms with E-state index < -0.39 is 16.3 Å². The highest BCUT2D eigenvalue weighted by atomic mass is 32.2. The minimum Gasteiger partial charge on any atom is -0.392 e. The Hall–Kier alpha value is -0.170. The van der Waals surface area contributed by atoms with E-state index in [1.165, 1.54) is 0 Å². The highest BCUT2D eigenvalue weighted by Gasteiger charge is 2.49. The molecule has 2 N–H and O–H groups in total. The fourth-order valence-electron chi connectivity index (χ4n) is 2.72. The van der Waals surface area contributed by atoms with E-state index in [2.05, 4.69) is 11.6 Å². The summed E-state index contributed by atoms with van der Waals surface area (Å²) in [5.74, 6) is 0.426. The first-order valence-corrected chi connectivity index (χ1v) is 8.13. The highest BCUT2D eigenvalue weighted by molar-refractivity contribution is 7.87. The molecule has 0 radical (unpaired) electrons. The Morgan fingerprint density at radius 3 is 2.56 bits per heavy atom. The molecule has 1 saturated carbocycles. The summed E-state index contributed by atoms with van der Waals surface area (Å²) < 4.78 is 28.8. The monoisotopic (exact) mass is 276 g/mol. The van der Waals surface area contributed by atoms with E-state index in [-0.39, 0.29) is 11.5 Å². The van der Waals surface area contributed by atoms with Crippen LogP contribution in [0.3, 0.4) is 0 Å². The molecule has 18 heavy (non-hydrogen) atoms. The molecule has 0 aromatic carbocycles. The number of hydrogen-bond acceptors (Lipinski definition) is 3. The molecule has 2 rings (SSSR count). The fraction of sp³-hybridized carbons (Fsp3) is 1.00. The van der Waals surface area contributed by atoms with Crippen molar-refractivity contribution in [1.29, 1.82) is 0 Å². The maximum Gasteiger partial charge on any atom is 0.279 e. The van der Waals surface area contributed by atoms with Crippen molar-refractivity contribution in [2.45, 2.75) is 52.2 Å². The molecular formula is C12H24N2O3S. The third-order valence-electron chi connectivity index (χ3n) is 4.47. The van der Waals surface area contributed by atoms with Gasteiger partial charge in [0.15, 0.2) is 0 Å².